The minimum atomic E-state index is -0.737. The van der Waals surface area contributed by atoms with E-state index in [1.165, 1.54) is 7.11 Å². The molecule has 5 heteroatoms. The van der Waals surface area contributed by atoms with Crippen molar-refractivity contribution < 1.29 is 14.3 Å². The molecule has 3 rings (SSSR count). The largest absolute Gasteiger partial charge is 0.467 e. The van der Waals surface area contributed by atoms with Crippen LogP contribution in [0.25, 0.3) is 10.9 Å². The quantitative estimate of drug-likeness (QED) is 0.729. The van der Waals surface area contributed by atoms with Gasteiger partial charge in [-0.1, -0.05) is 48.5 Å². The van der Waals surface area contributed by atoms with Crippen molar-refractivity contribution in [1.29, 1.82) is 0 Å². The second-order valence-electron chi connectivity index (χ2n) is 5.91. The molecule has 25 heavy (non-hydrogen) atoms. The molecule has 1 aromatic heterocycles. The lowest BCUT2D eigenvalue weighted by molar-refractivity contribution is -0.142. The summed E-state index contributed by atoms with van der Waals surface area (Å²) in [5, 5.41) is 3.66. The first-order valence-electron chi connectivity index (χ1n) is 8.07. The van der Waals surface area contributed by atoms with E-state index in [9.17, 15) is 9.59 Å². The summed E-state index contributed by atoms with van der Waals surface area (Å²) in [6, 6.07) is 16.5. The second kappa shape index (κ2) is 7.21. The molecule has 128 valence electrons. The van der Waals surface area contributed by atoms with Gasteiger partial charge in [0.2, 0.25) is 0 Å². The maximum atomic E-state index is 12.8. The molecular formula is C20H20N2O3. The topological polar surface area (TPSA) is 60.3 Å². The van der Waals surface area contributed by atoms with E-state index < -0.39 is 12.0 Å². The van der Waals surface area contributed by atoms with Gasteiger partial charge in [-0.3, -0.25) is 4.79 Å². The van der Waals surface area contributed by atoms with E-state index in [-0.39, 0.29) is 5.91 Å². The number of para-hydroxylation sites is 1. The number of methoxy groups -OCH3 is 1. The minimum Gasteiger partial charge on any atom is -0.467 e. The molecule has 0 saturated carbocycles. The number of amides is 1. The van der Waals surface area contributed by atoms with Crippen LogP contribution in [-0.2, 0) is 23.0 Å². The van der Waals surface area contributed by atoms with Crippen molar-refractivity contribution in [3.63, 3.8) is 0 Å². The third kappa shape index (κ3) is 3.55. The number of fused-ring (bicyclic) bond motifs is 1. The summed E-state index contributed by atoms with van der Waals surface area (Å²) in [7, 11) is 3.21. The molecule has 1 amide bonds. The molecule has 0 unspecified atom stereocenters. The average Bonchev–Trinajstić information content (AvgIpc) is 2.98. The second-order valence-corrected chi connectivity index (χ2v) is 5.91. The number of aromatic nitrogens is 1. The first-order valence-corrected chi connectivity index (χ1v) is 8.07. The molecule has 0 saturated heterocycles. The van der Waals surface area contributed by atoms with Crippen molar-refractivity contribution in [2.24, 2.45) is 7.05 Å². The third-order valence-corrected chi connectivity index (χ3v) is 4.22. The molecule has 0 aliphatic rings. The average molecular weight is 336 g/mol. The number of nitrogens with one attached hydrogen (secondary N) is 1. The van der Waals surface area contributed by atoms with E-state index in [1.807, 2.05) is 66.2 Å². The predicted molar refractivity (Wildman–Crippen MR) is 96.3 cm³/mol. The Morgan fingerprint density at radius 3 is 2.48 bits per heavy atom. The van der Waals surface area contributed by atoms with Gasteiger partial charge in [-0.05, 0) is 11.6 Å². The summed E-state index contributed by atoms with van der Waals surface area (Å²) in [6.07, 6.45) is 2.15. The Bertz CT molecular complexity index is 900. The Morgan fingerprint density at radius 1 is 1.08 bits per heavy atom. The van der Waals surface area contributed by atoms with Crippen molar-refractivity contribution >= 4 is 22.8 Å². The van der Waals surface area contributed by atoms with Gasteiger partial charge in [0.1, 0.15) is 6.04 Å². The van der Waals surface area contributed by atoms with Crippen LogP contribution in [0.4, 0.5) is 0 Å². The molecule has 0 fully saturated rings. The van der Waals surface area contributed by atoms with E-state index in [0.29, 0.717) is 12.0 Å². The van der Waals surface area contributed by atoms with Crippen LogP contribution < -0.4 is 5.32 Å². The van der Waals surface area contributed by atoms with E-state index >= 15 is 0 Å². The number of carbonyl (C=O) groups is 2. The van der Waals surface area contributed by atoms with Crippen molar-refractivity contribution in [3.8, 4) is 0 Å². The molecular weight excluding hydrogens is 316 g/mol. The van der Waals surface area contributed by atoms with Gasteiger partial charge in [-0.2, -0.15) is 0 Å². The van der Waals surface area contributed by atoms with Crippen LogP contribution in [-0.4, -0.2) is 29.6 Å². The summed E-state index contributed by atoms with van der Waals surface area (Å²) >= 11 is 0. The van der Waals surface area contributed by atoms with Crippen LogP contribution in [0.3, 0.4) is 0 Å². The lowest BCUT2D eigenvalue weighted by Gasteiger charge is -2.16. The van der Waals surface area contributed by atoms with Crippen LogP contribution in [0.2, 0.25) is 0 Å². The zero-order chi connectivity index (χ0) is 17.8. The Kier molecular flexibility index (Phi) is 4.84. The summed E-state index contributed by atoms with van der Waals surface area (Å²) in [5.74, 6) is -0.749. The van der Waals surface area contributed by atoms with Crippen LogP contribution in [0.15, 0.2) is 60.8 Å². The van der Waals surface area contributed by atoms with E-state index in [0.717, 1.165) is 16.5 Å². The first kappa shape index (κ1) is 16.8. The number of esters is 1. The first-order chi connectivity index (χ1) is 12.1. The van der Waals surface area contributed by atoms with Crippen molar-refractivity contribution in [3.05, 3.63) is 71.9 Å². The molecule has 0 aliphatic heterocycles. The summed E-state index contributed by atoms with van der Waals surface area (Å²) in [6.45, 7) is 0. The van der Waals surface area contributed by atoms with Gasteiger partial charge < -0.3 is 14.6 Å². The molecule has 1 heterocycles. The van der Waals surface area contributed by atoms with Crippen LogP contribution in [0.1, 0.15) is 15.9 Å². The minimum absolute atomic E-state index is 0.289. The van der Waals surface area contributed by atoms with E-state index in [1.54, 1.807) is 6.20 Å². The highest BCUT2D eigenvalue weighted by molar-refractivity contribution is 6.08. The summed E-state index contributed by atoms with van der Waals surface area (Å²) in [5.41, 5.74) is 2.46. The van der Waals surface area contributed by atoms with Crippen molar-refractivity contribution in [1.82, 2.24) is 9.88 Å². The van der Waals surface area contributed by atoms with Crippen LogP contribution >= 0.6 is 0 Å². The summed E-state index contributed by atoms with van der Waals surface area (Å²) < 4.78 is 6.75. The number of hydrogen-bond acceptors (Lipinski definition) is 3. The number of hydrogen-bond donors (Lipinski definition) is 1. The number of rotatable bonds is 5. The highest BCUT2D eigenvalue weighted by atomic mass is 16.5. The van der Waals surface area contributed by atoms with Gasteiger partial charge in [0.25, 0.3) is 5.91 Å². The van der Waals surface area contributed by atoms with Crippen LogP contribution in [0.5, 0.6) is 0 Å². The van der Waals surface area contributed by atoms with Gasteiger partial charge in [0, 0.05) is 30.6 Å². The number of ether oxygens (including phenoxy) is 1. The number of benzene rings is 2. The fraction of sp³-hybridized carbons (Fsp3) is 0.200. The number of aryl methyl sites for hydroxylation is 1. The zero-order valence-electron chi connectivity index (χ0n) is 14.2. The maximum Gasteiger partial charge on any atom is 0.328 e. The molecule has 0 radical (unpaired) electrons. The van der Waals surface area contributed by atoms with Gasteiger partial charge in [0.15, 0.2) is 0 Å². The fourth-order valence-corrected chi connectivity index (χ4v) is 2.94. The zero-order valence-corrected chi connectivity index (χ0v) is 14.2. The normalized spacial score (nSPS) is 11.9. The molecule has 0 bridgehead atoms. The van der Waals surface area contributed by atoms with Gasteiger partial charge in [0.05, 0.1) is 12.7 Å². The molecule has 2 aromatic carbocycles. The van der Waals surface area contributed by atoms with Crippen molar-refractivity contribution in [2.75, 3.05) is 7.11 Å². The molecule has 5 nitrogen and oxygen atoms in total. The van der Waals surface area contributed by atoms with Gasteiger partial charge >= 0.3 is 5.97 Å². The monoisotopic (exact) mass is 336 g/mol. The molecule has 3 aromatic rings. The Balaban J connectivity index is 1.85. The Labute approximate surface area is 146 Å². The highest BCUT2D eigenvalue weighted by Crippen LogP contribution is 2.20. The number of carbonyl (C=O) groups excluding carboxylic acids is 2. The SMILES string of the molecule is COC(=O)[C@H](Cc1ccccc1)NC(=O)c1cn(C)c2ccccc12. The van der Waals surface area contributed by atoms with Crippen LogP contribution in [0, 0.1) is 0 Å². The molecule has 1 N–H and O–H groups in total. The van der Waals surface area contributed by atoms with Gasteiger partial charge in [-0.25, -0.2) is 4.79 Å². The molecule has 0 aliphatic carbocycles. The summed E-state index contributed by atoms with van der Waals surface area (Å²) in [4.78, 5) is 24.9. The predicted octanol–water partition coefficient (Wildman–Crippen LogP) is 2.69. The standard InChI is InChI=1S/C20H20N2O3/c1-22-13-16(15-10-6-7-11-18(15)22)19(23)21-17(20(24)25-2)12-14-8-4-3-5-9-14/h3-11,13,17H,12H2,1-2H3,(H,21,23)/t17-/m0/s1. The smallest absolute Gasteiger partial charge is 0.328 e. The lowest BCUT2D eigenvalue weighted by atomic mass is 10.1. The van der Waals surface area contributed by atoms with E-state index in [4.69, 9.17) is 4.74 Å². The highest BCUT2D eigenvalue weighted by Gasteiger charge is 2.24. The Hall–Kier alpha value is -3.08. The maximum absolute atomic E-state index is 12.8. The number of nitrogens with zero attached hydrogens (tertiary/aromatic N) is 1. The molecule has 1 atom stereocenters. The third-order valence-electron chi connectivity index (χ3n) is 4.22. The lowest BCUT2D eigenvalue weighted by Crippen LogP contribution is -2.43. The van der Waals surface area contributed by atoms with E-state index in [2.05, 4.69) is 5.32 Å². The van der Waals surface area contributed by atoms with Gasteiger partial charge in [-0.15, -0.1) is 0 Å². The fourth-order valence-electron chi connectivity index (χ4n) is 2.94. The Morgan fingerprint density at radius 2 is 1.76 bits per heavy atom. The molecule has 0 spiro atoms. The van der Waals surface area contributed by atoms with Crippen molar-refractivity contribution in [2.45, 2.75) is 12.5 Å².